The molecule has 2 amide bonds. The molecule has 0 aliphatic carbocycles. The van der Waals surface area contributed by atoms with E-state index < -0.39 is 0 Å². The number of nitrogens with one attached hydrogen (secondary N) is 1. The lowest BCUT2D eigenvalue weighted by Gasteiger charge is -2.31. The first-order valence-electron chi connectivity index (χ1n) is 9.53. The van der Waals surface area contributed by atoms with E-state index in [4.69, 9.17) is 11.6 Å². The molecule has 0 aromatic heterocycles. The van der Waals surface area contributed by atoms with Crippen molar-refractivity contribution in [1.29, 1.82) is 0 Å². The summed E-state index contributed by atoms with van der Waals surface area (Å²) in [5.74, 6) is -0.377. The molecular formula is C22H28ClN3O2. The number of nitrogens with zero attached hydrogens (tertiary/aromatic N) is 2. The number of hydrogen-bond donors (Lipinski definition) is 1. The van der Waals surface area contributed by atoms with Gasteiger partial charge in [-0.1, -0.05) is 61.8 Å². The molecule has 0 aliphatic heterocycles. The zero-order chi connectivity index (χ0) is 20.5. The summed E-state index contributed by atoms with van der Waals surface area (Å²) in [6.45, 7) is 6.28. The smallest absolute Gasteiger partial charge is 0.254 e. The van der Waals surface area contributed by atoms with Gasteiger partial charge in [-0.15, -0.1) is 0 Å². The summed E-state index contributed by atoms with van der Waals surface area (Å²) < 4.78 is 0. The van der Waals surface area contributed by atoms with Crippen LogP contribution in [-0.4, -0.2) is 54.8 Å². The molecule has 0 aliphatic rings. The molecule has 2 aromatic rings. The molecule has 0 spiro atoms. The zero-order valence-corrected chi connectivity index (χ0v) is 17.4. The lowest BCUT2D eigenvalue weighted by Crippen LogP contribution is -2.42. The number of carbonyl (C=O) groups is 2. The summed E-state index contributed by atoms with van der Waals surface area (Å²) in [6, 6.07) is 16.6. The topological polar surface area (TPSA) is 52.7 Å². The van der Waals surface area contributed by atoms with Gasteiger partial charge in [-0.3, -0.25) is 14.5 Å². The molecule has 0 heterocycles. The van der Waals surface area contributed by atoms with Crippen molar-refractivity contribution >= 4 is 23.4 Å². The quantitative estimate of drug-likeness (QED) is 0.698. The van der Waals surface area contributed by atoms with Crippen molar-refractivity contribution in [1.82, 2.24) is 15.1 Å². The Morgan fingerprint density at radius 1 is 1.00 bits per heavy atom. The van der Waals surface area contributed by atoms with Crippen molar-refractivity contribution in [2.45, 2.75) is 19.9 Å². The van der Waals surface area contributed by atoms with Gasteiger partial charge in [0, 0.05) is 24.2 Å². The van der Waals surface area contributed by atoms with Crippen molar-refractivity contribution in [3.8, 4) is 0 Å². The molecule has 0 radical (unpaired) electrons. The van der Waals surface area contributed by atoms with Gasteiger partial charge in [-0.05, 0) is 36.9 Å². The largest absolute Gasteiger partial charge is 0.353 e. The van der Waals surface area contributed by atoms with Crippen LogP contribution >= 0.6 is 11.6 Å². The SMILES string of the molecule is CCN(CC)C(CNC(=O)CN(C)C(=O)c1ccccc1)c1ccccc1Cl. The summed E-state index contributed by atoms with van der Waals surface area (Å²) in [5, 5.41) is 3.65. The second-order valence-electron chi connectivity index (χ2n) is 6.59. The summed E-state index contributed by atoms with van der Waals surface area (Å²) in [4.78, 5) is 28.5. The van der Waals surface area contributed by atoms with Gasteiger partial charge in [0.05, 0.1) is 12.6 Å². The van der Waals surface area contributed by atoms with Crippen molar-refractivity contribution in [2.75, 3.05) is 33.2 Å². The van der Waals surface area contributed by atoms with Gasteiger partial charge in [-0.25, -0.2) is 0 Å². The number of rotatable bonds is 9. The van der Waals surface area contributed by atoms with Gasteiger partial charge in [-0.2, -0.15) is 0 Å². The van der Waals surface area contributed by atoms with Crippen molar-refractivity contribution < 1.29 is 9.59 Å². The van der Waals surface area contributed by atoms with E-state index in [9.17, 15) is 9.59 Å². The first kappa shape index (κ1) is 21.9. The Bertz CT molecular complexity index is 778. The van der Waals surface area contributed by atoms with Crippen molar-refractivity contribution in [3.63, 3.8) is 0 Å². The summed E-state index contributed by atoms with van der Waals surface area (Å²) >= 11 is 6.39. The standard InChI is InChI=1S/C22H28ClN3O2/c1-4-26(5-2)20(18-13-9-10-14-19(18)23)15-24-21(27)16-25(3)22(28)17-11-7-6-8-12-17/h6-14,20H,4-5,15-16H2,1-3H3,(H,24,27). The number of halogens is 1. The minimum absolute atomic E-state index is 0.00121. The maximum Gasteiger partial charge on any atom is 0.254 e. The lowest BCUT2D eigenvalue weighted by atomic mass is 10.0. The average Bonchev–Trinajstić information content (AvgIpc) is 2.71. The van der Waals surface area contributed by atoms with Crippen LogP contribution in [-0.2, 0) is 4.79 Å². The lowest BCUT2D eigenvalue weighted by molar-refractivity contribution is -0.121. The number of amides is 2. The molecule has 2 rings (SSSR count). The number of likely N-dealkylation sites (N-methyl/N-ethyl adjacent to an activating group) is 2. The highest BCUT2D eigenvalue weighted by Gasteiger charge is 2.22. The van der Waals surface area contributed by atoms with E-state index in [-0.39, 0.29) is 24.4 Å². The van der Waals surface area contributed by atoms with Gasteiger partial charge in [0.25, 0.3) is 5.91 Å². The highest BCUT2D eigenvalue weighted by molar-refractivity contribution is 6.31. The second kappa shape index (κ2) is 10.8. The molecule has 6 heteroatoms. The number of hydrogen-bond acceptors (Lipinski definition) is 3. The Morgan fingerprint density at radius 3 is 2.21 bits per heavy atom. The maximum absolute atomic E-state index is 12.5. The number of benzene rings is 2. The first-order valence-corrected chi connectivity index (χ1v) is 9.91. The Labute approximate surface area is 172 Å². The molecule has 150 valence electrons. The molecule has 1 N–H and O–H groups in total. The molecule has 5 nitrogen and oxygen atoms in total. The molecular weight excluding hydrogens is 374 g/mol. The molecule has 0 saturated heterocycles. The first-order chi connectivity index (χ1) is 13.5. The minimum Gasteiger partial charge on any atom is -0.353 e. The fourth-order valence-corrected chi connectivity index (χ4v) is 3.46. The molecule has 0 fully saturated rings. The van der Waals surface area contributed by atoms with Crippen LogP contribution in [0.25, 0.3) is 0 Å². The summed E-state index contributed by atoms with van der Waals surface area (Å²) in [5.41, 5.74) is 1.55. The van der Waals surface area contributed by atoms with E-state index in [1.54, 1.807) is 31.3 Å². The molecule has 1 atom stereocenters. The third-order valence-corrected chi connectivity index (χ3v) is 5.10. The third kappa shape index (κ3) is 5.81. The van der Waals surface area contributed by atoms with Crippen molar-refractivity contribution in [2.24, 2.45) is 0 Å². The van der Waals surface area contributed by atoms with E-state index in [0.29, 0.717) is 17.1 Å². The van der Waals surface area contributed by atoms with Crippen LogP contribution in [0.1, 0.15) is 35.8 Å². The third-order valence-electron chi connectivity index (χ3n) is 4.76. The van der Waals surface area contributed by atoms with Gasteiger partial charge in [0.2, 0.25) is 5.91 Å². The van der Waals surface area contributed by atoms with E-state index in [0.717, 1.165) is 18.7 Å². The van der Waals surface area contributed by atoms with E-state index in [1.165, 1.54) is 4.90 Å². The van der Waals surface area contributed by atoms with Crippen LogP contribution in [0.3, 0.4) is 0 Å². The van der Waals surface area contributed by atoms with E-state index >= 15 is 0 Å². The zero-order valence-electron chi connectivity index (χ0n) is 16.7. The Kier molecular flexibility index (Phi) is 8.48. The van der Waals surface area contributed by atoms with Crippen LogP contribution in [0.15, 0.2) is 54.6 Å². The van der Waals surface area contributed by atoms with Gasteiger partial charge < -0.3 is 10.2 Å². The predicted octanol–water partition coefficient (Wildman–Crippen LogP) is 3.61. The van der Waals surface area contributed by atoms with Crippen LogP contribution in [0.4, 0.5) is 0 Å². The molecule has 1 unspecified atom stereocenters. The Hall–Kier alpha value is -2.37. The monoisotopic (exact) mass is 401 g/mol. The van der Waals surface area contributed by atoms with E-state index in [1.807, 2.05) is 30.3 Å². The van der Waals surface area contributed by atoms with Crippen LogP contribution in [0.2, 0.25) is 5.02 Å². The fourth-order valence-electron chi connectivity index (χ4n) is 3.20. The molecule has 2 aromatic carbocycles. The Morgan fingerprint density at radius 2 is 1.61 bits per heavy atom. The average molecular weight is 402 g/mol. The molecule has 0 saturated carbocycles. The normalized spacial score (nSPS) is 11.9. The fraction of sp³-hybridized carbons (Fsp3) is 0.364. The highest BCUT2D eigenvalue weighted by Crippen LogP contribution is 2.26. The van der Waals surface area contributed by atoms with Gasteiger partial charge in [0.15, 0.2) is 0 Å². The van der Waals surface area contributed by atoms with Crippen LogP contribution < -0.4 is 5.32 Å². The van der Waals surface area contributed by atoms with Crippen LogP contribution in [0, 0.1) is 0 Å². The van der Waals surface area contributed by atoms with Crippen LogP contribution in [0.5, 0.6) is 0 Å². The van der Waals surface area contributed by atoms with Gasteiger partial charge >= 0.3 is 0 Å². The summed E-state index contributed by atoms with van der Waals surface area (Å²) in [7, 11) is 1.63. The Balaban J connectivity index is 2.01. The van der Waals surface area contributed by atoms with Crippen molar-refractivity contribution in [3.05, 3.63) is 70.7 Å². The number of carbonyl (C=O) groups excluding carboxylic acids is 2. The highest BCUT2D eigenvalue weighted by atomic mass is 35.5. The van der Waals surface area contributed by atoms with Gasteiger partial charge in [0.1, 0.15) is 0 Å². The predicted molar refractivity (Wildman–Crippen MR) is 114 cm³/mol. The summed E-state index contributed by atoms with van der Waals surface area (Å²) in [6.07, 6.45) is 0. The maximum atomic E-state index is 12.5. The molecule has 28 heavy (non-hydrogen) atoms. The minimum atomic E-state index is -0.198. The second-order valence-corrected chi connectivity index (χ2v) is 7.00. The molecule has 0 bridgehead atoms. The van der Waals surface area contributed by atoms with E-state index in [2.05, 4.69) is 24.1 Å².